The highest BCUT2D eigenvalue weighted by Gasteiger charge is 2.34. The summed E-state index contributed by atoms with van der Waals surface area (Å²) in [5, 5.41) is 22.8. The number of hydrogen-bond acceptors (Lipinski definition) is 9. The molecule has 2 aromatic carbocycles. The Balaban J connectivity index is 2.27. The number of hydrogen-bond donors (Lipinski definition) is 9. The second kappa shape index (κ2) is 23.2. The summed E-state index contributed by atoms with van der Waals surface area (Å²) < 4.78 is 0. The van der Waals surface area contributed by atoms with Gasteiger partial charge in [-0.1, -0.05) is 88.4 Å². The van der Waals surface area contributed by atoms with Crippen LogP contribution in [0.25, 0.3) is 0 Å². The van der Waals surface area contributed by atoms with Crippen molar-refractivity contribution in [2.75, 3.05) is 12.3 Å². The second-order valence-corrected chi connectivity index (χ2v) is 14.3. The van der Waals surface area contributed by atoms with Gasteiger partial charge in [0.05, 0.1) is 6.04 Å². The van der Waals surface area contributed by atoms with E-state index in [0.29, 0.717) is 19.4 Å². The Kier molecular flexibility index (Phi) is 19.6. The van der Waals surface area contributed by atoms with Crippen molar-refractivity contribution in [3.63, 3.8) is 0 Å². The Labute approximate surface area is 317 Å². The summed E-state index contributed by atoms with van der Waals surface area (Å²) in [6, 6.07) is 11.8. The van der Waals surface area contributed by atoms with Crippen LogP contribution in [0.3, 0.4) is 0 Å². The van der Waals surface area contributed by atoms with Gasteiger partial charge in [-0.15, -0.1) is 0 Å². The second-order valence-electron chi connectivity index (χ2n) is 13.9. The molecule has 5 amide bonds. The normalized spacial score (nSPS) is 14.6. The molecule has 0 heterocycles. The highest BCUT2D eigenvalue weighted by atomic mass is 32.1. The topological polar surface area (TPSA) is 235 Å². The standard InChI is InChI=1S/C38H57N7O7S/c1-23(2)19-29(35(48)41-28(17-11-12-18-39)34(47)44-31(22-53)38(51)52)43-37(50)32(24(3)4)45-36(49)30(21-26-15-9-6-10-16-26)42-33(46)27(40)20-25-13-7-5-8-14-25/h5-10,13-16,23-24,27-32,53H,11-12,17-22,39-40H2,1-4H3,(H,41,48)(H,42,46)(H,43,50)(H,44,47)(H,45,49)(H,51,52)/t27-,28-,29-,30-,31-,32-/m0/s1. The van der Waals surface area contributed by atoms with E-state index in [-0.39, 0.29) is 37.4 Å². The number of carbonyl (C=O) groups is 6. The lowest BCUT2D eigenvalue weighted by molar-refractivity contribution is -0.141. The number of carboxylic acids is 1. The monoisotopic (exact) mass is 755 g/mol. The molecule has 0 unspecified atom stereocenters. The minimum Gasteiger partial charge on any atom is -0.480 e. The lowest BCUT2D eigenvalue weighted by atomic mass is 9.98. The van der Waals surface area contributed by atoms with Crippen LogP contribution in [0, 0.1) is 11.8 Å². The van der Waals surface area contributed by atoms with Crippen molar-refractivity contribution in [2.45, 2.75) is 102 Å². The predicted molar refractivity (Wildman–Crippen MR) is 207 cm³/mol. The van der Waals surface area contributed by atoms with E-state index < -0.39 is 77.7 Å². The van der Waals surface area contributed by atoms with Gasteiger partial charge in [0.1, 0.15) is 30.2 Å². The molecule has 0 aliphatic rings. The molecule has 0 fully saturated rings. The SMILES string of the molecule is CC(C)C[C@H](NC(=O)[C@@H](NC(=O)[C@H](Cc1ccccc1)NC(=O)[C@@H](N)Cc1ccccc1)C(C)C)C(=O)N[C@@H](CCCCN)C(=O)N[C@@H](CS)C(=O)O. The molecule has 0 spiro atoms. The molecule has 15 heteroatoms. The first kappa shape index (κ1) is 44.7. The third-order valence-corrected chi connectivity index (χ3v) is 8.88. The number of benzene rings is 2. The Morgan fingerprint density at radius 2 is 1.13 bits per heavy atom. The van der Waals surface area contributed by atoms with Gasteiger partial charge in [0.15, 0.2) is 0 Å². The molecule has 2 aromatic rings. The maximum Gasteiger partial charge on any atom is 0.327 e. The number of nitrogens with one attached hydrogen (secondary N) is 5. The average molecular weight is 756 g/mol. The van der Waals surface area contributed by atoms with E-state index in [1.54, 1.807) is 13.8 Å². The molecule has 53 heavy (non-hydrogen) atoms. The van der Waals surface area contributed by atoms with E-state index in [2.05, 4.69) is 39.2 Å². The molecule has 10 N–H and O–H groups in total. The van der Waals surface area contributed by atoms with Gasteiger partial charge in [0.25, 0.3) is 0 Å². The summed E-state index contributed by atoms with van der Waals surface area (Å²) in [6.07, 6.45) is 1.83. The Bertz CT molecular complexity index is 1480. The Hall–Kier alpha value is -4.47. The summed E-state index contributed by atoms with van der Waals surface area (Å²) in [4.78, 5) is 79.3. The van der Waals surface area contributed by atoms with Crippen molar-refractivity contribution in [1.29, 1.82) is 0 Å². The van der Waals surface area contributed by atoms with Gasteiger partial charge < -0.3 is 43.2 Å². The number of carbonyl (C=O) groups excluding carboxylic acids is 5. The molecular formula is C38H57N7O7S. The smallest absolute Gasteiger partial charge is 0.327 e. The molecule has 0 aliphatic carbocycles. The predicted octanol–water partition coefficient (Wildman–Crippen LogP) is 1.07. The van der Waals surface area contributed by atoms with Crippen molar-refractivity contribution >= 4 is 48.1 Å². The first-order valence-corrected chi connectivity index (χ1v) is 18.7. The van der Waals surface area contributed by atoms with Crippen LogP contribution in [-0.2, 0) is 41.6 Å². The van der Waals surface area contributed by atoms with Crippen molar-refractivity contribution in [3.05, 3.63) is 71.8 Å². The largest absolute Gasteiger partial charge is 0.480 e. The van der Waals surface area contributed by atoms with Crippen LogP contribution in [0.1, 0.15) is 64.5 Å². The lowest BCUT2D eigenvalue weighted by Crippen LogP contribution is -2.60. The van der Waals surface area contributed by atoms with Gasteiger partial charge in [-0.05, 0) is 61.6 Å². The van der Waals surface area contributed by atoms with Gasteiger partial charge >= 0.3 is 5.97 Å². The third kappa shape index (κ3) is 16.0. The molecule has 0 bridgehead atoms. The quantitative estimate of drug-likeness (QED) is 0.0582. The van der Waals surface area contributed by atoms with E-state index in [9.17, 15) is 33.9 Å². The van der Waals surface area contributed by atoms with Crippen molar-refractivity contribution in [1.82, 2.24) is 26.6 Å². The molecule has 0 saturated carbocycles. The molecule has 6 atom stereocenters. The van der Waals surface area contributed by atoms with Crippen molar-refractivity contribution in [3.8, 4) is 0 Å². The first-order chi connectivity index (χ1) is 25.2. The highest BCUT2D eigenvalue weighted by Crippen LogP contribution is 2.12. The zero-order chi connectivity index (χ0) is 39.5. The number of thiol groups is 1. The van der Waals surface area contributed by atoms with Gasteiger partial charge in [0.2, 0.25) is 29.5 Å². The number of carboxylic acid groups (broad SMARTS) is 1. The van der Waals surface area contributed by atoms with Gasteiger partial charge in [0, 0.05) is 12.2 Å². The van der Waals surface area contributed by atoms with E-state index in [0.717, 1.165) is 11.1 Å². The number of rotatable bonds is 23. The van der Waals surface area contributed by atoms with Crippen LogP contribution in [0.2, 0.25) is 0 Å². The molecule has 2 rings (SSSR count). The first-order valence-electron chi connectivity index (χ1n) is 18.1. The van der Waals surface area contributed by atoms with Crippen LogP contribution >= 0.6 is 12.6 Å². The molecule has 292 valence electrons. The zero-order valence-electron chi connectivity index (χ0n) is 31.0. The molecule has 0 aliphatic heterocycles. The maximum absolute atomic E-state index is 13.9. The summed E-state index contributed by atoms with van der Waals surface area (Å²) >= 11 is 4.00. The number of aliphatic carboxylic acids is 1. The summed E-state index contributed by atoms with van der Waals surface area (Å²) in [6.45, 7) is 7.56. The fourth-order valence-electron chi connectivity index (χ4n) is 5.54. The van der Waals surface area contributed by atoms with E-state index >= 15 is 0 Å². The Morgan fingerprint density at radius 1 is 0.642 bits per heavy atom. The van der Waals surface area contributed by atoms with Crippen LogP contribution < -0.4 is 38.1 Å². The zero-order valence-corrected chi connectivity index (χ0v) is 31.9. The summed E-state index contributed by atoms with van der Waals surface area (Å²) in [7, 11) is 0. The van der Waals surface area contributed by atoms with Crippen molar-refractivity contribution < 1.29 is 33.9 Å². The van der Waals surface area contributed by atoms with E-state index in [4.69, 9.17) is 11.5 Å². The molecule has 0 saturated heterocycles. The minimum atomic E-state index is -1.27. The lowest BCUT2D eigenvalue weighted by Gasteiger charge is -2.29. The summed E-state index contributed by atoms with van der Waals surface area (Å²) in [5.41, 5.74) is 13.5. The fraction of sp³-hybridized carbons (Fsp3) is 0.526. The number of nitrogens with two attached hydrogens (primary N) is 2. The van der Waals surface area contributed by atoms with E-state index in [1.165, 1.54) is 0 Å². The van der Waals surface area contributed by atoms with Crippen LogP contribution in [0.4, 0.5) is 0 Å². The highest BCUT2D eigenvalue weighted by molar-refractivity contribution is 7.80. The molecule has 0 radical (unpaired) electrons. The van der Waals surface area contributed by atoms with Gasteiger partial charge in [-0.3, -0.25) is 24.0 Å². The molecule has 14 nitrogen and oxygen atoms in total. The maximum atomic E-state index is 13.9. The average Bonchev–Trinajstić information content (AvgIpc) is 3.11. The minimum absolute atomic E-state index is 0.0613. The molecule has 0 aromatic heterocycles. The number of unbranched alkanes of at least 4 members (excludes halogenated alkanes) is 1. The fourth-order valence-corrected chi connectivity index (χ4v) is 5.79. The van der Waals surface area contributed by atoms with Crippen LogP contribution in [-0.4, -0.2) is 89.2 Å². The van der Waals surface area contributed by atoms with Crippen LogP contribution in [0.15, 0.2) is 60.7 Å². The van der Waals surface area contributed by atoms with Crippen molar-refractivity contribution in [2.24, 2.45) is 23.3 Å². The number of amides is 5. The van der Waals surface area contributed by atoms with Crippen LogP contribution in [0.5, 0.6) is 0 Å². The summed E-state index contributed by atoms with van der Waals surface area (Å²) in [5.74, 6) is -5.04. The van der Waals surface area contributed by atoms with E-state index in [1.807, 2.05) is 74.5 Å². The molecular weight excluding hydrogens is 699 g/mol. The third-order valence-electron chi connectivity index (χ3n) is 8.51. The van der Waals surface area contributed by atoms with Gasteiger partial charge in [-0.2, -0.15) is 12.6 Å². The van der Waals surface area contributed by atoms with Gasteiger partial charge in [-0.25, -0.2) is 4.79 Å². The Morgan fingerprint density at radius 3 is 1.64 bits per heavy atom.